The zero-order valence-electron chi connectivity index (χ0n) is 9.85. The van der Waals surface area contributed by atoms with Gasteiger partial charge < -0.3 is 4.57 Å². The number of aryl methyl sites for hydroxylation is 1. The second-order valence-corrected chi connectivity index (χ2v) is 7.04. The molecule has 0 aliphatic rings. The molecule has 2 rings (SSSR count). The van der Waals surface area contributed by atoms with Crippen molar-refractivity contribution in [2.75, 3.05) is 6.66 Å². The molecule has 2 aromatic carbocycles. The Morgan fingerprint density at radius 2 is 1.71 bits per heavy atom. The molecule has 0 heterocycles. The predicted octanol–water partition coefficient (Wildman–Crippen LogP) is 3.08. The lowest BCUT2D eigenvalue weighted by Crippen LogP contribution is -2.17. The average molecular weight is 248 g/mol. The number of benzene rings is 2. The van der Waals surface area contributed by atoms with Gasteiger partial charge >= 0.3 is 0 Å². The highest BCUT2D eigenvalue weighted by Crippen LogP contribution is 2.39. The van der Waals surface area contributed by atoms with Gasteiger partial charge in [0.15, 0.2) is 0 Å². The Bertz CT molecular complexity index is 578. The number of hydrogen-bond acceptors (Lipinski definition) is 1. The highest BCUT2D eigenvalue weighted by atomic mass is 31.2. The van der Waals surface area contributed by atoms with Gasteiger partial charge in [-0.1, -0.05) is 30.3 Å². The maximum Gasteiger partial charge on any atom is 0.140 e. The maximum absolute atomic E-state index is 13.0. The first-order valence-electron chi connectivity index (χ1n) is 5.41. The van der Waals surface area contributed by atoms with Crippen molar-refractivity contribution in [2.24, 2.45) is 0 Å². The minimum Gasteiger partial charge on any atom is -0.314 e. The van der Waals surface area contributed by atoms with Gasteiger partial charge in [-0.25, -0.2) is 4.39 Å². The van der Waals surface area contributed by atoms with Gasteiger partial charge in [-0.15, -0.1) is 0 Å². The van der Waals surface area contributed by atoms with Gasteiger partial charge in [-0.05, 0) is 37.4 Å². The molecule has 0 fully saturated rings. The normalized spacial score (nSPS) is 14.3. The van der Waals surface area contributed by atoms with E-state index in [0.717, 1.165) is 16.2 Å². The van der Waals surface area contributed by atoms with E-state index in [1.54, 1.807) is 19.7 Å². The fourth-order valence-electron chi connectivity index (χ4n) is 1.95. The van der Waals surface area contributed by atoms with Crippen LogP contribution in [0.1, 0.15) is 5.56 Å². The molecular formula is C14H14FOP. The van der Waals surface area contributed by atoms with Crippen molar-refractivity contribution in [1.82, 2.24) is 0 Å². The Morgan fingerprint density at radius 3 is 2.29 bits per heavy atom. The smallest absolute Gasteiger partial charge is 0.140 e. The highest BCUT2D eigenvalue weighted by Gasteiger charge is 2.22. The Labute approximate surface area is 101 Å². The van der Waals surface area contributed by atoms with Gasteiger partial charge in [0.05, 0.1) is 0 Å². The molecule has 1 unspecified atom stereocenters. The van der Waals surface area contributed by atoms with Gasteiger partial charge in [0.2, 0.25) is 0 Å². The van der Waals surface area contributed by atoms with Crippen LogP contribution in [-0.2, 0) is 4.57 Å². The standard InChI is InChI=1S/C14H14FOP/c1-11-10-12(15)8-9-14(11)17(2,16)13-6-4-3-5-7-13/h3-10H,1-2H3. The monoisotopic (exact) mass is 248 g/mol. The van der Waals surface area contributed by atoms with Crippen molar-refractivity contribution in [1.29, 1.82) is 0 Å². The summed E-state index contributed by atoms with van der Waals surface area (Å²) >= 11 is 0. The zero-order valence-corrected chi connectivity index (χ0v) is 10.7. The topological polar surface area (TPSA) is 17.1 Å². The molecule has 0 saturated carbocycles. The highest BCUT2D eigenvalue weighted by molar-refractivity contribution is 7.78. The molecule has 0 bridgehead atoms. The van der Waals surface area contributed by atoms with E-state index < -0.39 is 7.14 Å². The Morgan fingerprint density at radius 1 is 1.06 bits per heavy atom. The summed E-state index contributed by atoms with van der Waals surface area (Å²) in [5, 5.41) is 1.53. The Hall–Kier alpha value is -1.40. The summed E-state index contributed by atoms with van der Waals surface area (Å²) in [7, 11) is -2.62. The summed E-state index contributed by atoms with van der Waals surface area (Å²) in [5.74, 6) is -0.292. The fourth-order valence-corrected chi connectivity index (χ4v) is 4.07. The summed E-state index contributed by atoms with van der Waals surface area (Å²) in [6.45, 7) is 3.51. The van der Waals surface area contributed by atoms with Crippen LogP contribution in [-0.4, -0.2) is 6.66 Å². The number of halogens is 1. The van der Waals surface area contributed by atoms with Crippen LogP contribution in [0.25, 0.3) is 0 Å². The molecule has 0 saturated heterocycles. The van der Waals surface area contributed by atoms with Gasteiger partial charge in [0.1, 0.15) is 13.0 Å². The van der Waals surface area contributed by atoms with E-state index in [1.807, 2.05) is 30.3 Å². The SMILES string of the molecule is Cc1cc(F)ccc1P(C)(=O)c1ccccc1. The van der Waals surface area contributed by atoms with Crippen LogP contribution in [0, 0.1) is 12.7 Å². The van der Waals surface area contributed by atoms with Crippen LogP contribution in [0.4, 0.5) is 4.39 Å². The first-order chi connectivity index (χ1) is 8.01. The van der Waals surface area contributed by atoms with Crippen LogP contribution in [0.3, 0.4) is 0 Å². The fraction of sp³-hybridized carbons (Fsp3) is 0.143. The third-order valence-electron chi connectivity index (χ3n) is 2.87. The van der Waals surface area contributed by atoms with E-state index in [2.05, 4.69) is 0 Å². The lowest BCUT2D eigenvalue weighted by atomic mass is 10.2. The molecule has 3 heteroatoms. The first-order valence-corrected chi connectivity index (χ1v) is 7.57. The maximum atomic E-state index is 13.0. The minimum absolute atomic E-state index is 0.292. The molecule has 0 radical (unpaired) electrons. The Balaban J connectivity index is 2.56. The molecular weight excluding hydrogens is 234 g/mol. The van der Waals surface area contributed by atoms with Crippen molar-refractivity contribution in [3.05, 3.63) is 59.9 Å². The van der Waals surface area contributed by atoms with Gasteiger partial charge in [-0.3, -0.25) is 0 Å². The molecule has 0 N–H and O–H groups in total. The third-order valence-corrected chi connectivity index (χ3v) is 5.57. The van der Waals surface area contributed by atoms with Crippen molar-refractivity contribution in [2.45, 2.75) is 6.92 Å². The van der Waals surface area contributed by atoms with Crippen LogP contribution >= 0.6 is 7.14 Å². The lowest BCUT2D eigenvalue weighted by molar-refractivity contribution is 0.590. The molecule has 17 heavy (non-hydrogen) atoms. The number of hydrogen-bond donors (Lipinski definition) is 0. The molecule has 1 nitrogen and oxygen atoms in total. The summed E-state index contributed by atoms with van der Waals surface area (Å²) in [5.41, 5.74) is 0.736. The first kappa shape index (κ1) is 12.1. The molecule has 0 aliphatic carbocycles. The van der Waals surface area contributed by atoms with Gasteiger partial charge in [0.25, 0.3) is 0 Å². The second kappa shape index (κ2) is 4.46. The van der Waals surface area contributed by atoms with Crippen molar-refractivity contribution in [3.8, 4) is 0 Å². The van der Waals surface area contributed by atoms with Crippen LogP contribution < -0.4 is 10.6 Å². The average Bonchev–Trinajstić information content (AvgIpc) is 2.29. The van der Waals surface area contributed by atoms with Crippen LogP contribution in [0.15, 0.2) is 48.5 Å². The zero-order chi connectivity index (χ0) is 12.5. The molecule has 0 aromatic heterocycles. The summed E-state index contributed by atoms with van der Waals surface area (Å²) < 4.78 is 25.9. The molecule has 88 valence electrons. The second-order valence-electron chi connectivity index (χ2n) is 4.19. The molecule has 0 amide bonds. The van der Waals surface area contributed by atoms with E-state index in [9.17, 15) is 8.96 Å². The van der Waals surface area contributed by atoms with E-state index in [0.29, 0.717) is 0 Å². The summed E-state index contributed by atoms with van der Waals surface area (Å²) in [6.07, 6.45) is 0. The van der Waals surface area contributed by atoms with E-state index >= 15 is 0 Å². The van der Waals surface area contributed by atoms with Crippen LogP contribution in [0.2, 0.25) is 0 Å². The van der Waals surface area contributed by atoms with E-state index in [1.165, 1.54) is 12.1 Å². The Kier molecular flexibility index (Phi) is 3.17. The van der Waals surface area contributed by atoms with E-state index in [4.69, 9.17) is 0 Å². The van der Waals surface area contributed by atoms with Crippen molar-refractivity contribution in [3.63, 3.8) is 0 Å². The third kappa shape index (κ3) is 2.32. The van der Waals surface area contributed by atoms with E-state index in [-0.39, 0.29) is 5.82 Å². The van der Waals surface area contributed by atoms with Crippen molar-refractivity contribution >= 4 is 17.8 Å². The summed E-state index contributed by atoms with van der Waals surface area (Å²) in [4.78, 5) is 0. The predicted molar refractivity (Wildman–Crippen MR) is 70.4 cm³/mol. The number of rotatable bonds is 2. The molecule has 1 atom stereocenters. The molecule has 0 aliphatic heterocycles. The van der Waals surface area contributed by atoms with Gasteiger partial charge in [-0.2, -0.15) is 0 Å². The van der Waals surface area contributed by atoms with Crippen molar-refractivity contribution < 1.29 is 8.96 Å². The largest absolute Gasteiger partial charge is 0.314 e. The summed E-state index contributed by atoms with van der Waals surface area (Å²) in [6, 6.07) is 13.7. The quantitative estimate of drug-likeness (QED) is 0.746. The van der Waals surface area contributed by atoms with Gasteiger partial charge in [0, 0.05) is 10.6 Å². The van der Waals surface area contributed by atoms with Crippen LogP contribution in [0.5, 0.6) is 0 Å². The molecule has 2 aromatic rings. The molecule has 0 spiro atoms. The lowest BCUT2D eigenvalue weighted by Gasteiger charge is -2.16. The minimum atomic E-state index is -2.62.